The number of likely N-dealkylation sites (tertiary alicyclic amines) is 1. The van der Waals surface area contributed by atoms with E-state index < -0.39 is 0 Å². The lowest BCUT2D eigenvalue weighted by atomic mass is 9.92. The van der Waals surface area contributed by atoms with Gasteiger partial charge in [-0.2, -0.15) is 0 Å². The van der Waals surface area contributed by atoms with Gasteiger partial charge in [-0.3, -0.25) is 4.79 Å². The van der Waals surface area contributed by atoms with Crippen molar-refractivity contribution in [3.8, 4) is 0 Å². The van der Waals surface area contributed by atoms with E-state index in [1.807, 2.05) is 4.90 Å². The molecule has 5 nitrogen and oxygen atoms in total. The number of anilines is 2. The van der Waals surface area contributed by atoms with Crippen LogP contribution < -0.4 is 11.1 Å². The van der Waals surface area contributed by atoms with Crippen LogP contribution in [0.1, 0.15) is 49.2 Å². The summed E-state index contributed by atoms with van der Waals surface area (Å²) in [4.78, 5) is 19.5. The van der Waals surface area contributed by atoms with Crippen molar-refractivity contribution in [2.75, 3.05) is 17.6 Å². The Balaban J connectivity index is 1.76. The molecule has 1 aliphatic heterocycles. The van der Waals surface area contributed by atoms with E-state index in [-0.39, 0.29) is 11.9 Å². The van der Waals surface area contributed by atoms with Crippen molar-refractivity contribution in [2.45, 2.75) is 51.6 Å². The number of hydrogen-bond donors (Lipinski definition) is 2. The zero-order valence-electron chi connectivity index (χ0n) is 12.1. The van der Waals surface area contributed by atoms with Crippen LogP contribution in [0.4, 0.5) is 10.9 Å². The molecule has 0 radical (unpaired) electrons. The molecule has 1 aliphatic carbocycles. The maximum atomic E-state index is 12.7. The Labute approximate surface area is 123 Å². The molecule has 0 aromatic carbocycles. The Hall–Kier alpha value is -1.30. The van der Waals surface area contributed by atoms with Crippen LogP contribution in [0.5, 0.6) is 0 Å². The number of carbonyl (C=O) groups is 1. The summed E-state index contributed by atoms with van der Waals surface area (Å²) in [6.45, 7) is 5.16. The number of nitrogen functional groups attached to an aromatic ring is 1. The number of thiazole rings is 1. The molecule has 2 heterocycles. The third-order valence-electron chi connectivity index (χ3n) is 4.39. The number of hydrogen-bond acceptors (Lipinski definition) is 5. The van der Waals surface area contributed by atoms with Gasteiger partial charge in [0.25, 0.3) is 5.91 Å². The van der Waals surface area contributed by atoms with Gasteiger partial charge in [0.15, 0.2) is 5.13 Å². The minimum absolute atomic E-state index is 0.0443. The Morgan fingerprint density at radius 2 is 2.15 bits per heavy atom. The fourth-order valence-corrected chi connectivity index (χ4v) is 3.62. The molecule has 3 N–H and O–H groups in total. The third-order valence-corrected chi connectivity index (χ3v) is 5.38. The number of piperidine rings is 1. The third kappa shape index (κ3) is 2.61. The van der Waals surface area contributed by atoms with Gasteiger partial charge in [-0.15, -0.1) is 0 Å². The fraction of sp³-hybridized carbons (Fsp3) is 0.714. The first-order valence-electron chi connectivity index (χ1n) is 7.40. The molecule has 2 fully saturated rings. The first kappa shape index (κ1) is 13.7. The SMILES string of the molecule is CC1CCCN(C(=O)c2sc(NC3CC3)nc2N)C1C. The van der Waals surface area contributed by atoms with Gasteiger partial charge in [-0.25, -0.2) is 4.98 Å². The molecule has 2 aliphatic rings. The van der Waals surface area contributed by atoms with Gasteiger partial charge in [0.2, 0.25) is 0 Å². The number of aromatic nitrogens is 1. The van der Waals surface area contributed by atoms with E-state index >= 15 is 0 Å². The fourth-order valence-electron chi connectivity index (χ4n) is 2.70. The van der Waals surface area contributed by atoms with E-state index in [1.54, 1.807) is 0 Å². The van der Waals surface area contributed by atoms with Crippen molar-refractivity contribution in [3.63, 3.8) is 0 Å². The highest BCUT2D eigenvalue weighted by Crippen LogP contribution is 2.33. The second kappa shape index (κ2) is 5.24. The molecule has 20 heavy (non-hydrogen) atoms. The Bertz CT molecular complexity index is 511. The summed E-state index contributed by atoms with van der Waals surface area (Å²) < 4.78 is 0. The zero-order chi connectivity index (χ0) is 14.3. The molecule has 0 bridgehead atoms. The number of rotatable bonds is 3. The molecule has 1 aromatic rings. The zero-order valence-corrected chi connectivity index (χ0v) is 12.9. The maximum absolute atomic E-state index is 12.7. The standard InChI is InChI=1S/C14H22N4OS/c1-8-4-3-7-18(9(8)2)13(19)11-12(15)17-14(20-11)16-10-5-6-10/h8-10H,3-7,15H2,1-2H3,(H,16,17). The molecule has 1 aromatic heterocycles. The van der Waals surface area contributed by atoms with Crippen molar-refractivity contribution in [1.82, 2.24) is 9.88 Å². The Morgan fingerprint density at radius 3 is 2.85 bits per heavy atom. The average Bonchev–Trinajstić information content (AvgIpc) is 3.14. The molecular formula is C14H22N4OS. The van der Waals surface area contributed by atoms with E-state index in [9.17, 15) is 4.79 Å². The van der Waals surface area contributed by atoms with Crippen molar-refractivity contribution in [2.24, 2.45) is 5.92 Å². The quantitative estimate of drug-likeness (QED) is 0.898. The molecule has 0 spiro atoms. The predicted molar refractivity (Wildman–Crippen MR) is 82.1 cm³/mol. The molecule has 110 valence electrons. The van der Waals surface area contributed by atoms with Gasteiger partial charge in [0.1, 0.15) is 10.7 Å². The van der Waals surface area contributed by atoms with Gasteiger partial charge in [0, 0.05) is 18.6 Å². The van der Waals surface area contributed by atoms with Gasteiger partial charge in [-0.1, -0.05) is 18.3 Å². The lowest BCUT2D eigenvalue weighted by Crippen LogP contribution is -2.45. The molecule has 1 saturated carbocycles. The first-order valence-corrected chi connectivity index (χ1v) is 8.21. The summed E-state index contributed by atoms with van der Waals surface area (Å²) in [6.07, 6.45) is 4.63. The summed E-state index contributed by atoms with van der Waals surface area (Å²) in [7, 11) is 0. The van der Waals surface area contributed by atoms with Crippen LogP contribution in [0.3, 0.4) is 0 Å². The van der Waals surface area contributed by atoms with Crippen LogP contribution in [-0.2, 0) is 0 Å². The molecule has 2 unspecified atom stereocenters. The van der Waals surface area contributed by atoms with Crippen LogP contribution in [0.2, 0.25) is 0 Å². The Kier molecular flexibility index (Phi) is 3.58. The second-order valence-electron chi connectivity index (χ2n) is 6.01. The van der Waals surface area contributed by atoms with Crippen LogP contribution in [-0.4, -0.2) is 34.4 Å². The van der Waals surface area contributed by atoms with Gasteiger partial charge in [-0.05, 0) is 38.5 Å². The van der Waals surface area contributed by atoms with E-state index in [0.717, 1.165) is 18.1 Å². The summed E-state index contributed by atoms with van der Waals surface area (Å²) in [5.41, 5.74) is 5.94. The summed E-state index contributed by atoms with van der Waals surface area (Å²) in [5.74, 6) is 0.961. The number of nitrogens with two attached hydrogens (primary N) is 1. The maximum Gasteiger partial charge on any atom is 0.268 e. The lowest BCUT2D eigenvalue weighted by molar-refractivity contribution is 0.0557. The van der Waals surface area contributed by atoms with Crippen molar-refractivity contribution >= 4 is 28.2 Å². The van der Waals surface area contributed by atoms with Gasteiger partial charge >= 0.3 is 0 Å². The van der Waals surface area contributed by atoms with Crippen molar-refractivity contribution < 1.29 is 4.79 Å². The van der Waals surface area contributed by atoms with Gasteiger partial charge < -0.3 is 16.0 Å². The van der Waals surface area contributed by atoms with E-state index in [1.165, 1.54) is 30.6 Å². The van der Waals surface area contributed by atoms with E-state index in [4.69, 9.17) is 5.73 Å². The highest BCUT2D eigenvalue weighted by Gasteiger charge is 2.32. The molecular weight excluding hydrogens is 272 g/mol. The predicted octanol–water partition coefficient (Wildman–Crippen LogP) is 2.56. The topological polar surface area (TPSA) is 71.2 Å². The number of nitrogens with one attached hydrogen (secondary N) is 1. The molecule has 3 rings (SSSR count). The number of carbonyl (C=O) groups excluding carboxylic acids is 1. The van der Waals surface area contributed by atoms with Crippen LogP contribution in [0, 0.1) is 5.92 Å². The molecule has 2 atom stereocenters. The minimum Gasteiger partial charge on any atom is -0.382 e. The van der Waals surface area contributed by atoms with Crippen molar-refractivity contribution in [3.05, 3.63) is 4.88 Å². The first-order chi connectivity index (χ1) is 9.56. The molecule has 1 amide bonds. The monoisotopic (exact) mass is 294 g/mol. The summed E-state index contributed by atoms with van der Waals surface area (Å²) in [5, 5.41) is 4.09. The van der Waals surface area contributed by atoms with Crippen LogP contribution >= 0.6 is 11.3 Å². The Morgan fingerprint density at radius 1 is 1.40 bits per heavy atom. The molecule has 6 heteroatoms. The van der Waals surface area contributed by atoms with Crippen LogP contribution in [0.25, 0.3) is 0 Å². The summed E-state index contributed by atoms with van der Waals surface area (Å²) in [6, 6.07) is 0.801. The number of amides is 1. The smallest absolute Gasteiger partial charge is 0.268 e. The van der Waals surface area contributed by atoms with Crippen LogP contribution in [0.15, 0.2) is 0 Å². The van der Waals surface area contributed by atoms with Gasteiger partial charge in [0.05, 0.1) is 0 Å². The largest absolute Gasteiger partial charge is 0.382 e. The highest BCUT2D eigenvalue weighted by atomic mass is 32.1. The van der Waals surface area contributed by atoms with Crippen molar-refractivity contribution in [1.29, 1.82) is 0 Å². The lowest BCUT2D eigenvalue weighted by Gasteiger charge is -2.37. The average molecular weight is 294 g/mol. The molecule has 1 saturated heterocycles. The second-order valence-corrected chi connectivity index (χ2v) is 7.01. The number of nitrogens with zero attached hydrogens (tertiary/aromatic N) is 2. The van der Waals surface area contributed by atoms with E-state index in [0.29, 0.717) is 22.7 Å². The minimum atomic E-state index is 0.0443. The highest BCUT2D eigenvalue weighted by molar-refractivity contribution is 7.18. The summed E-state index contributed by atoms with van der Waals surface area (Å²) >= 11 is 1.39. The van der Waals surface area contributed by atoms with E-state index in [2.05, 4.69) is 24.1 Å². The normalized spacial score (nSPS) is 26.6.